The lowest BCUT2D eigenvalue weighted by molar-refractivity contribution is -0.113. The molecule has 0 saturated carbocycles. The smallest absolute Gasteiger partial charge is 0.341 e. The van der Waals surface area contributed by atoms with Gasteiger partial charge in [-0.2, -0.15) is 0 Å². The monoisotopic (exact) mass is 548 g/mol. The lowest BCUT2D eigenvalue weighted by Crippen LogP contribution is -2.16. The van der Waals surface area contributed by atoms with Crippen LogP contribution in [0.25, 0.3) is 22.5 Å². The van der Waals surface area contributed by atoms with Crippen molar-refractivity contribution in [2.45, 2.75) is 52.2 Å². The quantitative estimate of drug-likeness (QED) is 0.180. The van der Waals surface area contributed by atoms with Crippen LogP contribution >= 0.6 is 23.1 Å². The number of carbonyl (C=O) groups excluding carboxylic acids is 2. The van der Waals surface area contributed by atoms with Crippen LogP contribution in [-0.4, -0.2) is 39.5 Å². The highest BCUT2D eigenvalue weighted by atomic mass is 32.2. The molecule has 9 heteroatoms. The third kappa shape index (κ3) is 5.84. The number of amides is 1. The van der Waals surface area contributed by atoms with E-state index in [1.807, 2.05) is 48.9 Å². The van der Waals surface area contributed by atoms with E-state index in [1.54, 1.807) is 0 Å². The number of nitrogens with zero attached hydrogens (tertiary/aromatic N) is 3. The lowest BCUT2D eigenvalue weighted by atomic mass is 9.97. The molecule has 0 fully saturated rings. The maximum Gasteiger partial charge on any atom is 0.341 e. The van der Waals surface area contributed by atoms with Crippen LogP contribution in [0.1, 0.15) is 53.7 Å². The number of anilines is 1. The number of aryl methyl sites for hydroxylation is 2. The number of esters is 1. The van der Waals surface area contributed by atoms with Crippen molar-refractivity contribution in [2.75, 3.05) is 18.2 Å². The van der Waals surface area contributed by atoms with Crippen LogP contribution in [0, 0.1) is 13.8 Å². The minimum Gasteiger partial charge on any atom is -0.465 e. The zero-order chi connectivity index (χ0) is 27.4. The molecule has 1 N–H and O–H groups in total. The van der Waals surface area contributed by atoms with Crippen LogP contribution in [0.2, 0.25) is 0 Å². The van der Waals surface area contributed by atoms with E-state index in [1.165, 1.54) is 35.8 Å². The summed E-state index contributed by atoms with van der Waals surface area (Å²) in [5.41, 5.74) is 6.45. The van der Waals surface area contributed by atoms with Crippen LogP contribution in [0.4, 0.5) is 5.00 Å². The maximum absolute atomic E-state index is 13.0. The van der Waals surface area contributed by atoms with Gasteiger partial charge < -0.3 is 14.6 Å². The number of aromatic nitrogens is 3. The second kappa shape index (κ2) is 12.0. The van der Waals surface area contributed by atoms with Gasteiger partial charge in [-0.1, -0.05) is 73.6 Å². The van der Waals surface area contributed by atoms with Gasteiger partial charge in [0.05, 0.1) is 12.9 Å². The summed E-state index contributed by atoms with van der Waals surface area (Å²) in [5, 5.41) is 14.7. The molecule has 0 unspecified atom stereocenters. The van der Waals surface area contributed by atoms with Gasteiger partial charge in [-0.25, -0.2) is 4.79 Å². The molecule has 38 heavy (non-hydrogen) atoms. The molecule has 4 aromatic rings. The SMILES string of the molecule is CCn1c(SCC(=O)Nc2scc(-c3cc(C)ccc3C)c2C(=O)OC)nnc1-c1ccc(C(C)C)cc1. The van der Waals surface area contributed by atoms with Gasteiger partial charge in [-0.15, -0.1) is 21.5 Å². The average molecular weight is 549 g/mol. The Hall–Kier alpha value is -3.43. The molecule has 2 aromatic heterocycles. The van der Waals surface area contributed by atoms with Crippen LogP contribution in [0.15, 0.2) is 53.0 Å². The first-order valence-corrected chi connectivity index (χ1v) is 14.3. The third-order valence-corrected chi connectivity index (χ3v) is 8.18. The Morgan fingerprint density at radius 3 is 2.47 bits per heavy atom. The van der Waals surface area contributed by atoms with Crippen molar-refractivity contribution in [1.82, 2.24) is 14.8 Å². The zero-order valence-electron chi connectivity index (χ0n) is 22.5. The van der Waals surface area contributed by atoms with E-state index >= 15 is 0 Å². The topological polar surface area (TPSA) is 86.1 Å². The highest BCUT2D eigenvalue weighted by molar-refractivity contribution is 7.99. The van der Waals surface area contributed by atoms with Gasteiger partial charge in [0, 0.05) is 23.1 Å². The molecule has 2 aromatic carbocycles. The number of thiophene rings is 1. The van der Waals surface area contributed by atoms with Gasteiger partial charge in [-0.3, -0.25) is 4.79 Å². The predicted molar refractivity (Wildman–Crippen MR) is 155 cm³/mol. The Morgan fingerprint density at radius 2 is 1.82 bits per heavy atom. The summed E-state index contributed by atoms with van der Waals surface area (Å²) < 4.78 is 7.07. The summed E-state index contributed by atoms with van der Waals surface area (Å²) in [6.07, 6.45) is 0. The number of thioether (sulfide) groups is 1. The number of rotatable bonds is 9. The molecule has 0 aliphatic rings. The van der Waals surface area contributed by atoms with E-state index in [2.05, 4.69) is 53.6 Å². The van der Waals surface area contributed by atoms with Gasteiger partial charge >= 0.3 is 5.97 Å². The first-order valence-electron chi connectivity index (χ1n) is 12.5. The Kier molecular flexibility index (Phi) is 8.69. The van der Waals surface area contributed by atoms with Crippen molar-refractivity contribution in [3.63, 3.8) is 0 Å². The first kappa shape index (κ1) is 27.6. The van der Waals surface area contributed by atoms with Crippen molar-refractivity contribution < 1.29 is 14.3 Å². The number of methoxy groups -OCH3 is 1. The van der Waals surface area contributed by atoms with Crippen LogP contribution in [-0.2, 0) is 16.1 Å². The molecule has 0 bridgehead atoms. The lowest BCUT2D eigenvalue weighted by Gasteiger charge is -2.11. The highest BCUT2D eigenvalue weighted by Gasteiger charge is 2.24. The second-order valence-corrected chi connectivity index (χ2v) is 11.1. The van der Waals surface area contributed by atoms with Crippen molar-refractivity contribution in [3.8, 4) is 22.5 Å². The molecule has 0 saturated heterocycles. The number of benzene rings is 2. The Morgan fingerprint density at radius 1 is 1.08 bits per heavy atom. The molecule has 1 amide bonds. The Labute approximate surface area is 231 Å². The van der Waals surface area contributed by atoms with Crippen molar-refractivity contribution in [2.24, 2.45) is 0 Å². The minimum absolute atomic E-state index is 0.127. The van der Waals surface area contributed by atoms with Gasteiger partial charge in [0.25, 0.3) is 0 Å². The normalized spacial score (nSPS) is 11.1. The van der Waals surface area contributed by atoms with Crippen molar-refractivity contribution in [1.29, 1.82) is 0 Å². The van der Waals surface area contributed by atoms with E-state index in [0.29, 0.717) is 28.2 Å². The van der Waals surface area contributed by atoms with Gasteiger partial charge in [0.15, 0.2) is 11.0 Å². The molecule has 0 atom stereocenters. The zero-order valence-corrected chi connectivity index (χ0v) is 24.1. The van der Waals surface area contributed by atoms with Crippen molar-refractivity contribution in [3.05, 3.63) is 70.1 Å². The molecular formula is C29H32N4O3S2. The highest BCUT2D eigenvalue weighted by Crippen LogP contribution is 2.38. The average Bonchev–Trinajstić information content (AvgIpc) is 3.52. The summed E-state index contributed by atoms with van der Waals surface area (Å²) in [6, 6.07) is 14.4. The second-order valence-electron chi connectivity index (χ2n) is 9.33. The van der Waals surface area contributed by atoms with E-state index in [9.17, 15) is 9.59 Å². The predicted octanol–water partition coefficient (Wildman–Crippen LogP) is 6.95. The number of hydrogen-bond acceptors (Lipinski definition) is 7. The first-order chi connectivity index (χ1) is 18.2. The Bertz CT molecular complexity index is 1460. The summed E-state index contributed by atoms with van der Waals surface area (Å²) in [5.74, 6) is 0.640. The minimum atomic E-state index is -0.482. The molecule has 0 aliphatic heterocycles. The molecule has 198 valence electrons. The van der Waals surface area contributed by atoms with Crippen molar-refractivity contribution >= 4 is 40.0 Å². The molecule has 0 radical (unpaired) electrons. The van der Waals surface area contributed by atoms with Crippen LogP contribution in [0.3, 0.4) is 0 Å². The number of ether oxygens (including phenoxy) is 1. The molecular weight excluding hydrogens is 516 g/mol. The number of nitrogens with one attached hydrogen (secondary N) is 1. The van der Waals surface area contributed by atoms with Crippen LogP contribution < -0.4 is 5.32 Å². The largest absolute Gasteiger partial charge is 0.465 e. The molecule has 7 nitrogen and oxygen atoms in total. The van der Waals surface area contributed by atoms with Gasteiger partial charge in [-0.05, 0) is 43.4 Å². The molecule has 2 heterocycles. The molecule has 0 aliphatic carbocycles. The summed E-state index contributed by atoms with van der Waals surface area (Å²) >= 11 is 2.63. The third-order valence-electron chi connectivity index (χ3n) is 6.32. The fraction of sp³-hybridized carbons (Fsp3) is 0.310. The van der Waals surface area contributed by atoms with Gasteiger partial charge in [0.2, 0.25) is 5.91 Å². The summed E-state index contributed by atoms with van der Waals surface area (Å²) in [4.78, 5) is 25.7. The fourth-order valence-electron chi connectivity index (χ4n) is 4.18. The van der Waals surface area contributed by atoms with Crippen LogP contribution in [0.5, 0.6) is 0 Å². The van der Waals surface area contributed by atoms with E-state index in [-0.39, 0.29) is 11.7 Å². The van der Waals surface area contributed by atoms with Gasteiger partial charge in [0.1, 0.15) is 10.6 Å². The maximum atomic E-state index is 13.0. The number of carbonyl (C=O) groups is 2. The fourth-order valence-corrected chi connectivity index (χ4v) is 5.95. The standard InChI is InChI=1S/C29H32N4O3S2/c1-7-33-26(21-12-10-20(11-13-21)17(2)3)31-32-29(33)38-16-24(34)30-27-25(28(35)36-6)23(15-37-27)22-14-18(4)8-9-19(22)5/h8-15,17H,7,16H2,1-6H3,(H,30,34). The summed E-state index contributed by atoms with van der Waals surface area (Å²) in [6.45, 7) is 11.0. The Balaban J connectivity index is 1.51. The van der Waals surface area contributed by atoms with E-state index in [4.69, 9.17) is 4.74 Å². The van der Waals surface area contributed by atoms with E-state index < -0.39 is 5.97 Å². The van der Waals surface area contributed by atoms with E-state index in [0.717, 1.165) is 33.6 Å². The molecule has 4 rings (SSSR count). The summed E-state index contributed by atoms with van der Waals surface area (Å²) in [7, 11) is 1.35. The number of hydrogen-bond donors (Lipinski definition) is 1. The molecule has 0 spiro atoms.